The third-order valence-electron chi connectivity index (χ3n) is 2.62. The first-order valence-corrected chi connectivity index (χ1v) is 8.62. The van der Waals surface area contributed by atoms with Gasteiger partial charge in [0.1, 0.15) is 0 Å². The zero-order valence-electron chi connectivity index (χ0n) is 9.69. The molecule has 0 aromatic heterocycles. The zero-order chi connectivity index (χ0) is 13.0. The summed E-state index contributed by atoms with van der Waals surface area (Å²) >= 11 is 7.40. The summed E-state index contributed by atoms with van der Waals surface area (Å²) in [6.45, 7) is 0.919. The van der Waals surface area contributed by atoms with Crippen molar-refractivity contribution in [1.82, 2.24) is 0 Å². The second-order valence-electron chi connectivity index (χ2n) is 3.95. The fourth-order valence-corrected chi connectivity index (χ4v) is 4.80. The van der Waals surface area contributed by atoms with E-state index in [2.05, 4.69) is 21.2 Å². The van der Waals surface area contributed by atoms with E-state index in [1.54, 1.807) is 12.1 Å². The molecule has 1 heterocycles. The fraction of sp³-hybridized carbons (Fsp3) is 0.417. The van der Waals surface area contributed by atoms with Crippen LogP contribution in [0, 0.1) is 0 Å². The second kappa shape index (κ2) is 6.73. The van der Waals surface area contributed by atoms with Crippen molar-refractivity contribution in [2.45, 2.75) is 5.25 Å². The van der Waals surface area contributed by atoms with E-state index in [9.17, 15) is 4.79 Å². The van der Waals surface area contributed by atoms with Crippen LogP contribution in [0.3, 0.4) is 0 Å². The highest BCUT2D eigenvalue weighted by Gasteiger charge is 2.14. The van der Waals surface area contributed by atoms with E-state index in [1.807, 2.05) is 29.6 Å². The van der Waals surface area contributed by atoms with Crippen LogP contribution in [0.15, 0.2) is 22.7 Å². The zero-order valence-corrected chi connectivity index (χ0v) is 12.9. The molecule has 1 saturated heterocycles. The minimum atomic E-state index is -0.901. The van der Waals surface area contributed by atoms with Gasteiger partial charge in [0.05, 0.1) is 5.56 Å². The molecule has 0 saturated carbocycles. The summed E-state index contributed by atoms with van der Waals surface area (Å²) in [6.07, 6.45) is 0. The Labute approximate surface area is 123 Å². The van der Waals surface area contributed by atoms with Gasteiger partial charge < -0.3 is 10.4 Å². The summed E-state index contributed by atoms with van der Waals surface area (Å²) in [7, 11) is 0. The maximum absolute atomic E-state index is 10.8. The van der Waals surface area contributed by atoms with Gasteiger partial charge in [-0.1, -0.05) is 0 Å². The molecule has 3 nitrogen and oxygen atoms in total. The molecule has 6 heteroatoms. The summed E-state index contributed by atoms with van der Waals surface area (Å²) in [5.41, 5.74) is 1.26. The molecule has 2 N–H and O–H groups in total. The van der Waals surface area contributed by atoms with E-state index in [1.165, 1.54) is 17.3 Å². The summed E-state index contributed by atoms with van der Waals surface area (Å²) < 4.78 is 0.802. The van der Waals surface area contributed by atoms with E-state index >= 15 is 0 Å². The van der Waals surface area contributed by atoms with Crippen molar-refractivity contribution in [3.05, 3.63) is 28.2 Å². The van der Waals surface area contributed by atoms with Gasteiger partial charge in [-0.05, 0) is 34.1 Å². The summed E-state index contributed by atoms with van der Waals surface area (Å²) in [5.74, 6) is 2.75. The van der Waals surface area contributed by atoms with Crippen LogP contribution >= 0.6 is 39.5 Å². The predicted molar refractivity (Wildman–Crippen MR) is 83.2 cm³/mol. The van der Waals surface area contributed by atoms with Gasteiger partial charge in [0.25, 0.3) is 0 Å². The van der Waals surface area contributed by atoms with Crippen LogP contribution in [0.25, 0.3) is 0 Å². The lowest BCUT2D eigenvalue weighted by Gasteiger charge is -2.22. The first-order valence-electron chi connectivity index (χ1n) is 5.63. The van der Waals surface area contributed by atoms with E-state index in [0.717, 1.165) is 16.7 Å². The number of hydrogen-bond donors (Lipinski definition) is 2. The highest BCUT2D eigenvalue weighted by molar-refractivity contribution is 9.10. The fourth-order valence-electron chi connectivity index (χ4n) is 1.67. The number of anilines is 1. The monoisotopic (exact) mass is 347 g/mol. The molecule has 1 aromatic rings. The van der Waals surface area contributed by atoms with E-state index in [0.29, 0.717) is 10.8 Å². The number of carboxylic acids is 1. The van der Waals surface area contributed by atoms with Crippen molar-refractivity contribution in [2.24, 2.45) is 0 Å². The Morgan fingerprint density at radius 1 is 1.50 bits per heavy atom. The predicted octanol–water partition coefficient (Wildman–Crippen LogP) is 3.41. The lowest BCUT2D eigenvalue weighted by atomic mass is 10.2. The van der Waals surface area contributed by atoms with Gasteiger partial charge in [-0.15, -0.1) is 0 Å². The first-order chi connectivity index (χ1) is 8.66. The van der Waals surface area contributed by atoms with Crippen molar-refractivity contribution < 1.29 is 9.90 Å². The molecular formula is C12H14BrNO2S2. The average molecular weight is 348 g/mol. The molecule has 0 radical (unpaired) electrons. The van der Waals surface area contributed by atoms with Gasteiger partial charge in [0, 0.05) is 39.2 Å². The maximum Gasteiger partial charge on any atom is 0.335 e. The van der Waals surface area contributed by atoms with E-state index in [-0.39, 0.29) is 0 Å². The van der Waals surface area contributed by atoms with Crippen LogP contribution in [0.5, 0.6) is 0 Å². The van der Waals surface area contributed by atoms with Crippen molar-refractivity contribution in [2.75, 3.05) is 29.1 Å². The molecule has 0 amide bonds. The third-order valence-corrected chi connectivity index (χ3v) is 6.12. The van der Waals surface area contributed by atoms with E-state index in [4.69, 9.17) is 5.11 Å². The van der Waals surface area contributed by atoms with Crippen molar-refractivity contribution in [1.29, 1.82) is 0 Å². The van der Waals surface area contributed by atoms with Gasteiger partial charge in [-0.2, -0.15) is 23.5 Å². The first kappa shape index (κ1) is 14.1. The Kier molecular flexibility index (Phi) is 5.26. The minimum absolute atomic E-state index is 0.301. The number of carbonyl (C=O) groups is 1. The van der Waals surface area contributed by atoms with Gasteiger partial charge in [0.15, 0.2) is 0 Å². The molecule has 0 spiro atoms. The van der Waals surface area contributed by atoms with Crippen LogP contribution in [0.1, 0.15) is 10.4 Å². The van der Waals surface area contributed by atoms with E-state index < -0.39 is 5.97 Å². The minimum Gasteiger partial charge on any atom is -0.478 e. The number of halogens is 1. The van der Waals surface area contributed by atoms with Crippen LogP contribution < -0.4 is 5.32 Å². The van der Waals surface area contributed by atoms with Gasteiger partial charge >= 0.3 is 5.97 Å². The molecule has 0 aliphatic carbocycles. The Balaban J connectivity index is 1.94. The van der Waals surface area contributed by atoms with Gasteiger partial charge in [-0.3, -0.25) is 0 Å². The molecule has 18 heavy (non-hydrogen) atoms. The SMILES string of the molecule is O=C(O)c1ccc(NCC2CSCCS2)c(Br)c1. The van der Waals surface area contributed by atoms with Crippen molar-refractivity contribution in [3.8, 4) is 0 Å². The highest BCUT2D eigenvalue weighted by Crippen LogP contribution is 2.27. The quantitative estimate of drug-likeness (QED) is 0.873. The van der Waals surface area contributed by atoms with Gasteiger partial charge in [-0.25, -0.2) is 4.79 Å². The molecule has 1 unspecified atom stereocenters. The number of thioether (sulfide) groups is 2. The number of aromatic carboxylic acids is 1. The number of benzene rings is 1. The number of carboxylic acid groups (broad SMARTS) is 1. The Morgan fingerprint density at radius 2 is 2.33 bits per heavy atom. The smallest absolute Gasteiger partial charge is 0.335 e. The van der Waals surface area contributed by atoms with Crippen LogP contribution in [-0.2, 0) is 0 Å². The topological polar surface area (TPSA) is 49.3 Å². The summed E-state index contributed by atoms with van der Waals surface area (Å²) in [4.78, 5) is 10.8. The molecule has 1 aromatic carbocycles. The van der Waals surface area contributed by atoms with Crippen molar-refractivity contribution in [3.63, 3.8) is 0 Å². The summed E-state index contributed by atoms with van der Waals surface area (Å²) in [5, 5.41) is 12.9. The largest absolute Gasteiger partial charge is 0.478 e. The molecule has 1 aliphatic heterocycles. The lowest BCUT2D eigenvalue weighted by molar-refractivity contribution is 0.0697. The normalized spacial score (nSPS) is 19.5. The molecule has 2 rings (SSSR count). The Morgan fingerprint density at radius 3 is 2.94 bits per heavy atom. The van der Waals surface area contributed by atoms with Gasteiger partial charge in [0.2, 0.25) is 0 Å². The molecule has 0 bridgehead atoms. The number of hydrogen-bond acceptors (Lipinski definition) is 4. The molecule has 1 fully saturated rings. The standard InChI is InChI=1S/C12H14BrNO2S2/c13-10-5-8(12(15)16)1-2-11(10)14-6-9-7-17-3-4-18-9/h1-2,5,9,14H,3-4,6-7H2,(H,15,16). The van der Waals surface area contributed by atoms with Crippen LogP contribution in [0.2, 0.25) is 0 Å². The molecular weight excluding hydrogens is 334 g/mol. The average Bonchev–Trinajstić information content (AvgIpc) is 2.38. The van der Waals surface area contributed by atoms with Crippen LogP contribution in [0.4, 0.5) is 5.69 Å². The third kappa shape index (κ3) is 3.83. The number of nitrogens with one attached hydrogen (secondary N) is 1. The second-order valence-corrected chi connectivity index (χ2v) is 7.36. The lowest BCUT2D eigenvalue weighted by Crippen LogP contribution is -2.23. The van der Waals surface area contributed by atoms with Crippen molar-refractivity contribution >= 4 is 51.1 Å². The Hall–Kier alpha value is -0.330. The van der Waals surface area contributed by atoms with Crippen LogP contribution in [-0.4, -0.2) is 40.1 Å². The molecule has 1 aliphatic rings. The number of rotatable bonds is 4. The molecule has 98 valence electrons. The molecule has 1 atom stereocenters. The highest BCUT2D eigenvalue weighted by atomic mass is 79.9. The maximum atomic E-state index is 10.8. The summed E-state index contributed by atoms with van der Waals surface area (Å²) in [6, 6.07) is 5.07. The Bertz CT molecular complexity index is 436.